The minimum atomic E-state index is -0.391. The molecule has 0 atom stereocenters. The van der Waals surface area contributed by atoms with Crippen molar-refractivity contribution < 1.29 is 14.3 Å². The molecule has 0 unspecified atom stereocenters. The van der Waals surface area contributed by atoms with Gasteiger partial charge in [-0.1, -0.05) is 0 Å². The van der Waals surface area contributed by atoms with Crippen molar-refractivity contribution in [3.8, 4) is 0 Å². The summed E-state index contributed by atoms with van der Waals surface area (Å²) in [5.41, 5.74) is 2.01. The fourth-order valence-electron chi connectivity index (χ4n) is 1.43. The molecule has 0 saturated carbocycles. The average Bonchev–Trinajstić information content (AvgIpc) is 2.16. The average molecular weight is 207 g/mol. The van der Waals surface area contributed by atoms with Gasteiger partial charge in [-0.15, -0.1) is 0 Å². The first-order valence-electron chi connectivity index (χ1n) is 4.70. The molecule has 0 aliphatic carbocycles. The number of aldehydes is 1. The van der Waals surface area contributed by atoms with E-state index in [1.54, 1.807) is 26.8 Å². The first-order chi connectivity index (χ1) is 7.10. The molecule has 0 amide bonds. The summed E-state index contributed by atoms with van der Waals surface area (Å²) in [6.45, 7) is 5.52. The predicted molar refractivity (Wildman–Crippen MR) is 55.1 cm³/mol. The lowest BCUT2D eigenvalue weighted by Gasteiger charge is -2.08. The van der Waals surface area contributed by atoms with Gasteiger partial charge in [-0.05, 0) is 32.4 Å². The van der Waals surface area contributed by atoms with E-state index in [2.05, 4.69) is 4.98 Å². The minimum absolute atomic E-state index is 0.327. The highest BCUT2D eigenvalue weighted by Gasteiger charge is 2.15. The van der Waals surface area contributed by atoms with Gasteiger partial charge in [0.15, 0.2) is 6.29 Å². The van der Waals surface area contributed by atoms with E-state index in [4.69, 9.17) is 4.74 Å². The Morgan fingerprint density at radius 1 is 1.53 bits per heavy atom. The summed E-state index contributed by atoms with van der Waals surface area (Å²) in [4.78, 5) is 26.1. The number of hydrogen-bond acceptors (Lipinski definition) is 4. The summed E-state index contributed by atoms with van der Waals surface area (Å²) < 4.78 is 4.90. The van der Waals surface area contributed by atoms with Gasteiger partial charge < -0.3 is 4.74 Å². The van der Waals surface area contributed by atoms with Crippen LogP contribution < -0.4 is 0 Å². The molecule has 1 aromatic heterocycles. The number of aryl methyl sites for hydroxylation is 2. The smallest absolute Gasteiger partial charge is 0.340 e. The molecule has 0 aliphatic rings. The van der Waals surface area contributed by atoms with E-state index >= 15 is 0 Å². The maximum atomic E-state index is 11.5. The fraction of sp³-hybridized carbons (Fsp3) is 0.364. The quantitative estimate of drug-likeness (QED) is 0.559. The fourth-order valence-corrected chi connectivity index (χ4v) is 1.43. The van der Waals surface area contributed by atoms with E-state index in [-0.39, 0.29) is 0 Å². The SMILES string of the molecule is CCOC(=O)c1c(C)cc(C=O)nc1C. The van der Waals surface area contributed by atoms with E-state index < -0.39 is 5.97 Å². The predicted octanol–water partition coefficient (Wildman–Crippen LogP) is 1.69. The molecule has 0 N–H and O–H groups in total. The van der Waals surface area contributed by atoms with E-state index in [9.17, 15) is 9.59 Å². The maximum Gasteiger partial charge on any atom is 0.340 e. The first kappa shape index (κ1) is 11.4. The molecule has 1 heterocycles. The number of rotatable bonds is 3. The lowest BCUT2D eigenvalue weighted by atomic mass is 10.1. The molecular weight excluding hydrogens is 194 g/mol. The van der Waals surface area contributed by atoms with Crippen molar-refractivity contribution in [1.29, 1.82) is 0 Å². The second-order valence-electron chi connectivity index (χ2n) is 3.16. The van der Waals surface area contributed by atoms with Gasteiger partial charge in [-0.2, -0.15) is 0 Å². The highest BCUT2D eigenvalue weighted by molar-refractivity contribution is 5.92. The summed E-state index contributed by atoms with van der Waals surface area (Å²) in [6.07, 6.45) is 0.662. The summed E-state index contributed by atoms with van der Waals surface area (Å²) >= 11 is 0. The van der Waals surface area contributed by atoms with Gasteiger partial charge >= 0.3 is 5.97 Å². The number of carbonyl (C=O) groups is 2. The van der Waals surface area contributed by atoms with Crippen LogP contribution in [0.1, 0.15) is 39.0 Å². The lowest BCUT2D eigenvalue weighted by Crippen LogP contribution is -2.11. The molecule has 0 aliphatic heterocycles. The van der Waals surface area contributed by atoms with Gasteiger partial charge in [0.2, 0.25) is 0 Å². The molecule has 4 heteroatoms. The Kier molecular flexibility index (Phi) is 3.55. The second kappa shape index (κ2) is 4.68. The molecule has 0 bridgehead atoms. The number of nitrogens with zero attached hydrogens (tertiary/aromatic N) is 1. The lowest BCUT2D eigenvalue weighted by molar-refractivity contribution is 0.0524. The van der Waals surface area contributed by atoms with E-state index in [0.29, 0.717) is 35.4 Å². The standard InChI is InChI=1S/C11H13NO3/c1-4-15-11(14)10-7(2)5-9(6-13)12-8(10)3/h5-6H,4H2,1-3H3. The topological polar surface area (TPSA) is 56.3 Å². The van der Waals surface area contributed by atoms with Crippen LogP contribution in [-0.4, -0.2) is 23.8 Å². The van der Waals surface area contributed by atoms with Crippen LogP contribution >= 0.6 is 0 Å². The van der Waals surface area contributed by atoms with Gasteiger partial charge in [0.25, 0.3) is 0 Å². The van der Waals surface area contributed by atoms with Gasteiger partial charge in [-0.3, -0.25) is 4.79 Å². The Hall–Kier alpha value is -1.71. The van der Waals surface area contributed by atoms with Crippen LogP contribution in [0.3, 0.4) is 0 Å². The molecule has 4 nitrogen and oxygen atoms in total. The van der Waals surface area contributed by atoms with Gasteiger partial charge in [0, 0.05) is 0 Å². The Morgan fingerprint density at radius 3 is 2.67 bits per heavy atom. The van der Waals surface area contributed by atoms with Crippen LogP contribution in [0.15, 0.2) is 6.07 Å². The zero-order valence-electron chi connectivity index (χ0n) is 9.03. The van der Waals surface area contributed by atoms with Crippen molar-refractivity contribution in [3.05, 3.63) is 28.6 Å². The summed E-state index contributed by atoms with van der Waals surface area (Å²) in [7, 11) is 0. The van der Waals surface area contributed by atoms with Crippen molar-refractivity contribution in [2.45, 2.75) is 20.8 Å². The summed E-state index contributed by atoms with van der Waals surface area (Å²) in [5.74, 6) is -0.391. The zero-order chi connectivity index (χ0) is 11.4. The Labute approximate surface area is 88.3 Å². The Bertz CT molecular complexity index is 376. The first-order valence-corrected chi connectivity index (χ1v) is 4.70. The number of ether oxygens (including phenoxy) is 1. The highest BCUT2D eigenvalue weighted by Crippen LogP contribution is 2.14. The van der Waals surface area contributed by atoms with Gasteiger partial charge in [-0.25, -0.2) is 9.78 Å². The molecule has 0 saturated heterocycles. The van der Waals surface area contributed by atoms with Crippen LogP contribution in [0.4, 0.5) is 0 Å². The molecule has 0 aromatic carbocycles. The number of carbonyl (C=O) groups excluding carboxylic acids is 2. The molecule has 80 valence electrons. The third-order valence-electron chi connectivity index (χ3n) is 2.02. The van der Waals surface area contributed by atoms with Gasteiger partial charge in [0.05, 0.1) is 17.9 Å². The van der Waals surface area contributed by atoms with Crippen molar-refractivity contribution >= 4 is 12.3 Å². The number of pyridine rings is 1. The number of aromatic nitrogens is 1. The molecule has 15 heavy (non-hydrogen) atoms. The zero-order valence-corrected chi connectivity index (χ0v) is 9.03. The van der Waals surface area contributed by atoms with Crippen LogP contribution in [0.2, 0.25) is 0 Å². The largest absolute Gasteiger partial charge is 0.462 e. The van der Waals surface area contributed by atoms with E-state index in [0.717, 1.165) is 0 Å². The molecule has 0 spiro atoms. The molecule has 1 aromatic rings. The summed E-state index contributed by atoms with van der Waals surface area (Å²) in [6, 6.07) is 1.58. The minimum Gasteiger partial charge on any atom is -0.462 e. The van der Waals surface area contributed by atoms with E-state index in [1.165, 1.54) is 0 Å². The summed E-state index contributed by atoms with van der Waals surface area (Å²) in [5, 5.41) is 0. The molecule has 1 rings (SSSR count). The maximum absolute atomic E-state index is 11.5. The van der Waals surface area contributed by atoms with Crippen LogP contribution in [-0.2, 0) is 4.74 Å². The number of hydrogen-bond donors (Lipinski definition) is 0. The van der Waals surface area contributed by atoms with Crippen molar-refractivity contribution in [2.75, 3.05) is 6.61 Å². The highest BCUT2D eigenvalue weighted by atomic mass is 16.5. The monoisotopic (exact) mass is 207 g/mol. The molecular formula is C11H13NO3. The van der Waals surface area contributed by atoms with Crippen molar-refractivity contribution in [2.24, 2.45) is 0 Å². The Morgan fingerprint density at radius 2 is 2.20 bits per heavy atom. The Balaban J connectivity index is 3.19. The number of esters is 1. The third kappa shape index (κ3) is 2.40. The van der Waals surface area contributed by atoms with Crippen LogP contribution in [0.5, 0.6) is 0 Å². The second-order valence-corrected chi connectivity index (χ2v) is 3.16. The molecule has 0 radical (unpaired) electrons. The van der Waals surface area contributed by atoms with Gasteiger partial charge in [0.1, 0.15) is 5.69 Å². The van der Waals surface area contributed by atoms with Crippen LogP contribution in [0.25, 0.3) is 0 Å². The third-order valence-corrected chi connectivity index (χ3v) is 2.02. The van der Waals surface area contributed by atoms with Crippen molar-refractivity contribution in [1.82, 2.24) is 4.98 Å². The molecule has 0 fully saturated rings. The van der Waals surface area contributed by atoms with Crippen molar-refractivity contribution in [3.63, 3.8) is 0 Å². The van der Waals surface area contributed by atoms with Crippen LogP contribution in [0, 0.1) is 13.8 Å². The normalized spacial score (nSPS) is 9.80. The van der Waals surface area contributed by atoms with E-state index in [1.807, 2.05) is 0 Å².